The molecule has 0 saturated heterocycles. The fourth-order valence-corrected chi connectivity index (χ4v) is 1.73. The minimum absolute atomic E-state index is 0.0914. The number of halogens is 1. The van der Waals surface area contributed by atoms with Gasteiger partial charge in [0.15, 0.2) is 11.5 Å². The van der Waals surface area contributed by atoms with Crippen LogP contribution in [0.15, 0.2) is 6.07 Å². The van der Waals surface area contributed by atoms with Crippen molar-refractivity contribution in [2.45, 2.75) is 13.3 Å². The van der Waals surface area contributed by atoms with Crippen molar-refractivity contribution >= 4 is 17.6 Å². The minimum Gasteiger partial charge on any atom is -0.493 e. The van der Waals surface area contributed by atoms with Crippen molar-refractivity contribution < 1.29 is 19.4 Å². The van der Waals surface area contributed by atoms with E-state index < -0.39 is 5.97 Å². The van der Waals surface area contributed by atoms with Gasteiger partial charge in [0, 0.05) is 0 Å². The molecule has 1 aromatic rings. The van der Waals surface area contributed by atoms with E-state index in [-0.39, 0.29) is 6.42 Å². The fraction of sp³-hybridized carbons (Fsp3) is 0.364. The van der Waals surface area contributed by atoms with Gasteiger partial charge in [-0.05, 0) is 24.1 Å². The number of carbonyl (C=O) groups is 1. The molecule has 0 fully saturated rings. The first kappa shape index (κ1) is 12.6. The summed E-state index contributed by atoms with van der Waals surface area (Å²) in [5.41, 5.74) is 1.32. The second-order valence-corrected chi connectivity index (χ2v) is 3.66. The zero-order chi connectivity index (χ0) is 12.3. The van der Waals surface area contributed by atoms with Crippen LogP contribution in [-0.2, 0) is 11.2 Å². The van der Waals surface area contributed by atoms with Gasteiger partial charge in [-0.1, -0.05) is 11.6 Å². The molecule has 0 aliphatic heterocycles. The number of hydrogen-bond acceptors (Lipinski definition) is 3. The first-order valence-corrected chi connectivity index (χ1v) is 5.00. The molecule has 0 bridgehead atoms. The predicted molar refractivity (Wildman–Crippen MR) is 60.6 cm³/mol. The SMILES string of the molecule is COc1cc(CC(=O)O)c(C)c(Cl)c1OC. The maximum atomic E-state index is 10.7. The van der Waals surface area contributed by atoms with Crippen LogP contribution in [0.2, 0.25) is 5.02 Å². The Kier molecular flexibility index (Phi) is 4.01. The van der Waals surface area contributed by atoms with Crippen LogP contribution in [-0.4, -0.2) is 25.3 Å². The highest BCUT2D eigenvalue weighted by atomic mass is 35.5. The van der Waals surface area contributed by atoms with E-state index in [0.29, 0.717) is 27.6 Å². The third kappa shape index (κ3) is 2.39. The Morgan fingerprint density at radius 1 is 1.44 bits per heavy atom. The van der Waals surface area contributed by atoms with Crippen LogP contribution in [0.1, 0.15) is 11.1 Å². The summed E-state index contributed by atoms with van der Waals surface area (Å²) in [6, 6.07) is 1.63. The zero-order valence-electron chi connectivity index (χ0n) is 9.33. The fourth-order valence-electron chi connectivity index (χ4n) is 1.44. The average molecular weight is 245 g/mol. The molecule has 1 aromatic carbocycles. The molecule has 88 valence electrons. The second-order valence-electron chi connectivity index (χ2n) is 3.28. The summed E-state index contributed by atoms with van der Waals surface area (Å²) in [5.74, 6) is -0.0449. The minimum atomic E-state index is -0.911. The molecule has 16 heavy (non-hydrogen) atoms. The van der Waals surface area contributed by atoms with Gasteiger partial charge in [-0.2, -0.15) is 0 Å². The molecule has 1 rings (SSSR count). The Bertz CT molecular complexity index is 415. The molecule has 0 aliphatic rings. The number of hydrogen-bond donors (Lipinski definition) is 1. The van der Waals surface area contributed by atoms with Gasteiger partial charge < -0.3 is 14.6 Å². The van der Waals surface area contributed by atoms with E-state index in [9.17, 15) is 4.79 Å². The summed E-state index contributed by atoms with van der Waals surface area (Å²) in [5, 5.41) is 9.14. The molecule has 0 atom stereocenters. The van der Waals surface area contributed by atoms with Gasteiger partial charge in [-0.3, -0.25) is 4.79 Å². The number of rotatable bonds is 4. The summed E-state index contributed by atoms with van der Waals surface area (Å²) in [6.07, 6.45) is -0.0914. The van der Waals surface area contributed by atoms with Crippen molar-refractivity contribution in [3.05, 3.63) is 22.2 Å². The Balaban J connectivity index is 3.32. The van der Waals surface area contributed by atoms with Gasteiger partial charge in [-0.15, -0.1) is 0 Å². The lowest BCUT2D eigenvalue weighted by atomic mass is 10.0. The molecule has 0 saturated carbocycles. The first-order valence-electron chi connectivity index (χ1n) is 4.63. The standard InChI is InChI=1S/C11H13ClO4/c1-6-7(5-9(13)14)4-8(15-2)11(16-3)10(6)12/h4H,5H2,1-3H3,(H,13,14). The predicted octanol–water partition coefficient (Wildman–Crippen LogP) is 2.29. The molecular weight excluding hydrogens is 232 g/mol. The number of ether oxygens (including phenoxy) is 2. The van der Waals surface area contributed by atoms with Gasteiger partial charge in [0.1, 0.15) is 0 Å². The third-order valence-electron chi connectivity index (χ3n) is 2.31. The number of aliphatic carboxylic acids is 1. The lowest BCUT2D eigenvalue weighted by Crippen LogP contribution is -2.04. The molecule has 0 aliphatic carbocycles. The molecule has 0 spiro atoms. The van der Waals surface area contributed by atoms with Crippen LogP contribution in [0.3, 0.4) is 0 Å². The summed E-state index contributed by atoms with van der Waals surface area (Å²) in [4.78, 5) is 10.7. The first-order chi connectivity index (χ1) is 7.51. The highest BCUT2D eigenvalue weighted by Gasteiger charge is 2.16. The third-order valence-corrected chi connectivity index (χ3v) is 2.76. The normalized spacial score (nSPS) is 10.0. The number of carboxylic acids is 1. The highest BCUT2D eigenvalue weighted by molar-refractivity contribution is 6.33. The van der Waals surface area contributed by atoms with Crippen LogP contribution in [0, 0.1) is 6.92 Å². The van der Waals surface area contributed by atoms with Crippen LogP contribution in [0.4, 0.5) is 0 Å². The number of carboxylic acid groups (broad SMARTS) is 1. The molecular formula is C11H13ClO4. The molecule has 0 radical (unpaired) electrons. The van der Waals surface area contributed by atoms with E-state index in [1.807, 2.05) is 0 Å². The molecule has 0 heterocycles. The molecule has 5 heteroatoms. The Hall–Kier alpha value is -1.42. The molecule has 1 N–H and O–H groups in total. The Morgan fingerprint density at radius 2 is 2.06 bits per heavy atom. The number of methoxy groups -OCH3 is 2. The lowest BCUT2D eigenvalue weighted by molar-refractivity contribution is -0.136. The second kappa shape index (κ2) is 5.07. The maximum absolute atomic E-state index is 10.7. The summed E-state index contributed by atoms with van der Waals surface area (Å²) in [7, 11) is 2.97. The Labute approximate surface area is 98.7 Å². The topological polar surface area (TPSA) is 55.8 Å². The average Bonchev–Trinajstić information content (AvgIpc) is 2.24. The molecule has 4 nitrogen and oxygen atoms in total. The molecule has 0 aromatic heterocycles. The van der Waals surface area contributed by atoms with Crippen LogP contribution in [0.5, 0.6) is 11.5 Å². The van der Waals surface area contributed by atoms with E-state index >= 15 is 0 Å². The highest BCUT2D eigenvalue weighted by Crippen LogP contribution is 2.39. The van der Waals surface area contributed by atoms with Gasteiger partial charge in [-0.25, -0.2) is 0 Å². The van der Waals surface area contributed by atoms with Crippen LogP contribution < -0.4 is 9.47 Å². The van der Waals surface area contributed by atoms with Crippen molar-refractivity contribution in [2.75, 3.05) is 14.2 Å². The van der Waals surface area contributed by atoms with Crippen molar-refractivity contribution in [1.29, 1.82) is 0 Å². The largest absolute Gasteiger partial charge is 0.493 e. The van der Waals surface area contributed by atoms with Gasteiger partial charge in [0.25, 0.3) is 0 Å². The van der Waals surface area contributed by atoms with Gasteiger partial charge in [0.2, 0.25) is 0 Å². The summed E-state index contributed by atoms with van der Waals surface area (Å²) in [6.45, 7) is 1.75. The van der Waals surface area contributed by atoms with E-state index in [1.54, 1.807) is 13.0 Å². The van der Waals surface area contributed by atoms with Crippen molar-refractivity contribution in [1.82, 2.24) is 0 Å². The van der Waals surface area contributed by atoms with Crippen LogP contribution >= 0.6 is 11.6 Å². The zero-order valence-corrected chi connectivity index (χ0v) is 10.1. The smallest absolute Gasteiger partial charge is 0.307 e. The van der Waals surface area contributed by atoms with Crippen molar-refractivity contribution in [3.63, 3.8) is 0 Å². The number of benzene rings is 1. The molecule has 0 amide bonds. The monoisotopic (exact) mass is 244 g/mol. The maximum Gasteiger partial charge on any atom is 0.307 e. The van der Waals surface area contributed by atoms with E-state index in [0.717, 1.165) is 0 Å². The van der Waals surface area contributed by atoms with Gasteiger partial charge in [0.05, 0.1) is 25.7 Å². The van der Waals surface area contributed by atoms with Crippen molar-refractivity contribution in [2.24, 2.45) is 0 Å². The van der Waals surface area contributed by atoms with Crippen LogP contribution in [0.25, 0.3) is 0 Å². The Morgan fingerprint density at radius 3 is 2.50 bits per heavy atom. The summed E-state index contributed by atoms with van der Waals surface area (Å²) < 4.78 is 10.2. The molecule has 0 unspecified atom stereocenters. The summed E-state index contributed by atoms with van der Waals surface area (Å²) >= 11 is 6.07. The van der Waals surface area contributed by atoms with E-state index in [4.69, 9.17) is 26.2 Å². The van der Waals surface area contributed by atoms with Crippen molar-refractivity contribution in [3.8, 4) is 11.5 Å². The van der Waals surface area contributed by atoms with E-state index in [1.165, 1.54) is 14.2 Å². The lowest BCUT2D eigenvalue weighted by Gasteiger charge is -2.14. The van der Waals surface area contributed by atoms with E-state index in [2.05, 4.69) is 0 Å². The van der Waals surface area contributed by atoms with Gasteiger partial charge >= 0.3 is 5.97 Å². The quantitative estimate of drug-likeness (QED) is 0.883.